The molecular formula is C20H25Cl2NO2. The Labute approximate surface area is 160 Å². The molecule has 0 amide bonds. The molecular weight excluding hydrogens is 357 g/mol. The molecule has 0 atom stereocenters. The smallest absolute Gasteiger partial charge is 0.161 e. The van der Waals surface area contributed by atoms with E-state index < -0.39 is 0 Å². The summed E-state index contributed by atoms with van der Waals surface area (Å²) in [6.45, 7) is 4.47. The lowest BCUT2D eigenvalue weighted by molar-refractivity contribution is 0.284. The van der Waals surface area contributed by atoms with Gasteiger partial charge in [0, 0.05) is 6.54 Å². The van der Waals surface area contributed by atoms with Crippen LogP contribution >= 0.6 is 23.2 Å². The summed E-state index contributed by atoms with van der Waals surface area (Å²) in [5, 5.41) is 4.52. The number of benzene rings is 2. The maximum absolute atomic E-state index is 6.04. The van der Waals surface area contributed by atoms with Gasteiger partial charge < -0.3 is 14.8 Å². The van der Waals surface area contributed by atoms with Gasteiger partial charge in [0.15, 0.2) is 11.5 Å². The number of halogens is 2. The molecule has 2 rings (SSSR count). The average Bonchev–Trinajstić information content (AvgIpc) is 2.63. The quantitative estimate of drug-likeness (QED) is 0.522. The molecule has 0 bridgehead atoms. The highest BCUT2D eigenvalue weighted by Gasteiger charge is 2.07. The minimum atomic E-state index is 0.405. The van der Waals surface area contributed by atoms with Crippen molar-refractivity contribution in [1.29, 1.82) is 0 Å². The first-order valence-corrected chi connectivity index (χ1v) is 9.34. The number of hydrogen-bond acceptors (Lipinski definition) is 3. The van der Waals surface area contributed by atoms with Crippen molar-refractivity contribution in [3.05, 3.63) is 57.6 Å². The number of methoxy groups -OCH3 is 1. The number of nitrogens with one attached hydrogen (secondary N) is 1. The SMILES string of the molecule is CCCCCNCc1ccc(OCc2ccc(Cl)c(Cl)c2)c(OC)c1. The van der Waals surface area contributed by atoms with Crippen molar-refractivity contribution in [2.24, 2.45) is 0 Å². The summed E-state index contributed by atoms with van der Waals surface area (Å²) in [6.07, 6.45) is 3.71. The first-order valence-electron chi connectivity index (χ1n) is 8.58. The molecule has 0 aliphatic carbocycles. The predicted molar refractivity (Wildman–Crippen MR) is 105 cm³/mol. The number of ether oxygens (including phenoxy) is 2. The van der Waals surface area contributed by atoms with Crippen LogP contribution in [0.1, 0.15) is 37.3 Å². The van der Waals surface area contributed by atoms with Crippen LogP contribution < -0.4 is 14.8 Å². The monoisotopic (exact) mass is 381 g/mol. The third-order valence-corrected chi connectivity index (χ3v) is 4.63. The zero-order valence-corrected chi connectivity index (χ0v) is 16.3. The molecule has 0 spiro atoms. The van der Waals surface area contributed by atoms with Gasteiger partial charge in [-0.3, -0.25) is 0 Å². The lowest BCUT2D eigenvalue weighted by Crippen LogP contribution is -2.14. The van der Waals surface area contributed by atoms with Gasteiger partial charge in [-0.1, -0.05) is 55.1 Å². The second-order valence-electron chi connectivity index (χ2n) is 5.91. The van der Waals surface area contributed by atoms with Gasteiger partial charge in [-0.15, -0.1) is 0 Å². The molecule has 0 heterocycles. The van der Waals surface area contributed by atoms with E-state index in [0.29, 0.717) is 22.4 Å². The summed E-state index contributed by atoms with van der Waals surface area (Å²) in [5.74, 6) is 1.44. The van der Waals surface area contributed by atoms with Crippen molar-refractivity contribution in [2.45, 2.75) is 39.3 Å². The molecule has 136 valence electrons. The van der Waals surface area contributed by atoms with E-state index in [2.05, 4.69) is 18.3 Å². The predicted octanol–water partition coefficient (Wildman–Crippen LogP) is 5.86. The topological polar surface area (TPSA) is 30.5 Å². The third-order valence-electron chi connectivity index (χ3n) is 3.89. The molecule has 0 aliphatic rings. The van der Waals surface area contributed by atoms with Crippen LogP contribution in [0.5, 0.6) is 11.5 Å². The Morgan fingerprint density at radius 1 is 0.920 bits per heavy atom. The average molecular weight is 382 g/mol. The molecule has 3 nitrogen and oxygen atoms in total. The summed E-state index contributed by atoms with van der Waals surface area (Å²) in [6, 6.07) is 11.5. The minimum Gasteiger partial charge on any atom is -0.493 e. The minimum absolute atomic E-state index is 0.405. The van der Waals surface area contributed by atoms with Crippen molar-refractivity contribution in [1.82, 2.24) is 5.32 Å². The van der Waals surface area contributed by atoms with Gasteiger partial charge in [0.05, 0.1) is 17.2 Å². The van der Waals surface area contributed by atoms with Crippen molar-refractivity contribution in [3.63, 3.8) is 0 Å². The molecule has 0 unspecified atom stereocenters. The fraction of sp³-hybridized carbons (Fsp3) is 0.400. The van der Waals surface area contributed by atoms with Gasteiger partial charge in [0.2, 0.25) is 0 Å². The fourth-order valence-electron chi connectivity index (χ4n) is 2.46. The Bertz CT molecular complexity index is 677. The summed E-state index contributed by atoms with van der Waals surface area (Å²) >= 11 is 12.0. The van der Waals surface area contributed by atoms with Crippen molar-refractivity contribution in [2.75, 3.05) is 13.7 Å². The van der Waals surface area contributed by atoms with Crippen LogP contribution in [0.15, 0.2) is 36.4 Å². The summed E-state index contributed by atoms with van der Waals surface area (Å²) in [7, 11) is 1.65. The molecule has 0 saturated carbocycles. The highest BCUT2D eigenvalue weighted by Crippen LogP contribution is 2.29. The van der Waals surface area contributed by atoms with Gasteiger partial charge in [-0.2, -0.15) is 0 Å². The van der Waals surface area contributed by atoms with Gasteiger partial charge >= 0.3 is 0 Å². The summed E-state index contributed by atoms with van der Waals surface area (Å²) in [5.41, 5.74) is 2.13. The molecule has 0 radical (unpaired) electrons. The Balaban J connectivity index is 1.92. The van der Waals surface area contributed by atoms with Crippen LogP contribution in [0.25, 0.3) is 0 Å². The third kappa shape index (κ3) is 6.43. The van der Waals surface area contributed by atoms with E-state index in [1.165, 1.54) is 24.8 Å². The molecule has 2 aromatic rings. The maximum atomic E-state index is 6.04. The molecule has 2 aromatic carbocycles. The molecule has 25 heavy (non-hydrogen) atoms. The Hall–Kier alpha value is -1.42. The Morgan fingerprint density at radius 3 is 2.44 bits per heavy atom. The largest absolute Gasteiger partial charge is 0.493 e. The van der Waals surface area contributed by atoms with E-state index in [4.69, 9.17) is 32.7 Å². The highest BCUT2D eigenvalue weighted by molar-refractivity contribution is 6.42. The van der Waals surface area contributed by atoms with Gasteiger partial charge in [0.25, 0.3) is 0 Å². The number of unbranched alkanes of at least 4 members (excludes halogenated alkanes) is 2. The maximum Gasteiger partial charge on any atom is 0.161 e. The van der Waals surface area contributed by atoms with E-state index >= 15 is 0 Å². The fourth-order valence-corrected chi connectivity index (χ4v) is 2.79. The lowest BCUT2D eigenvalue weighted by atomic mass is 10.2. The van der Waals surface area contributed by atoms with E-state index in [9.17, 15) is 0 Å². The number of rotatable bonds is 10. The lowest BCUT2D eigenvalue weighted by Gasteiger charge is -2.13. The van der Waals surface area contributed by atoms with Crippen LogP contribution in [-0.4, -0.2) is 13.7 Å². The van der Waals surface area contributed by atoms with E-state index in [1.807, 2.05) is 24.3 Å². The Morgan fingerprint density at radius 2 is 1.72 bits per heavy atom. The van der Waals surface area contributed by atoms with Crippen LogP contribution in [0.2, 0.25) is 10.0 Å². The molecule has 0 aliphatic heterocycles. The zero-order valence-electron chi connectivity index (χ0n) is 14.8. The standard InChI is InChI=1S/C20H25Cl2NO2/c1-3-4-5-10-23-13-15-7-9-19(20(12-15)24-2)25-14-16-6-8-17(21)18(22)11-16/h6-9,11-12,23H,3-5,10,13-14H2,1-2H3. The molecule has 5 heteroatoms. The second-order valence-corrected chi connectivity index (χ2v) is 6.72. The summed E-state index contributed by atoms with van der Waals surface area (Å²) < 4.78 is 11.3. The van der Waals surface area contributed by atoms with Crippen molar-refractivity contribution in [3.8, 4) is 11.5 Å². The molecule has 0 saturated heterocycles. The summed E-state index contributed by atoms with van der Waals surface area (Å²) in [4.78, 5) is 0. The first-order chi connectivity index (χ1) is 12.1. The van der Waals surface area contributed by atoms with Crippen LogP contribution in [0.4, 0.5) is 0 Å². The molecule has 0 aromatic heterocycles. The van der Waals surface area contributed by atoms with Crippen molar-refractivity contribution < 1.29 is 9.47 Å². The van der Waals surface area contributed by atoms with Crippen LogP contribution in [0, 0.1) is 0 Å². The van der Waals surface area contributed by atoms with E-state index in [1.54, 1.807) is 13.2 Å². The van der Waals surface area contributed by atoms with Gasteiger partial charge in [-0.05, 0) is 48.4 Å². The zero-order chi connectivity index (χ0) is 18.1. The van der Waals surface area contributed by atoms with Crippen LogP contribution in [0.3, 0.4) is 0 Å². The van der Waals surface area contributed by atoms with E-state index in [-0.39, 0.29) is 0 Å². The van der Waals surface area contributed by atoms with E-state index in [0.717, 1.165) is 24.4 Å². The van der Waals surface area contributed by atoms with Crippen LogP contribution in [-0.2, 0) is 13.2 Å². The van der Waals surface area contributed by atoms with Gasteiger partial charge in [-0.25, -0.2) is 0 Å². The molecule has 1 N–H and O–H groups in total. The molecule has 0 fully saturated rings. The highest BCUT2D eigenvalue weighted by atomic mass is 35.5. The normalized spacial score (nSPS) is 10.7. The van der Waals surface area contributed by atoms with Gasteiger partial charge in [0.1, 0.15) is 6.61 Å². The number of hydrogen-bond donors (Lipinski definition) is 1. The Kier molecular flexibility index (Phi) is 8.39. The second kappa shape index (κ2) is 10.5. The van der Waals surface area contributed by atoms with Crippen molar-refractivity contribution >= 4 is 23.2 Å². The first kappa shape index (κ1) is 19.9.